The van der Waals surface area contributed by atoms with Gasteiger partial charge in [0.05, 0.1) is 4.92 Å². The van der Waals surface area contributed by atoms with E-state index < -0.39 is 4.92 Å². The van der Waals surface area contributed by atoms with Gasteiger partial charge in [0.2, 0.25) is 5.91 Å². The number of hydrogen-bond donors (Lipinski definition) is 1. The molecule has 0 saturated carbocycles. The third-order valence-electron chi connectivity index (χ3n) is 2.25. The number of rotatable bonds is 4. The highest BCUT2D eigenvalue weighted by Gasteiger charge is 2.19. The summed E-state index contributed by atoms with van der Waals surface area (Å²) in [5.41, 5.74) is 0.179. The van der Waals surface area contributed by atoms with Crippen LogP contribution < -0.4 is 5.32 Å². The quantitative estimate of drug-likeness (QED) is 0.690. The second kappa shape index (κ2) is 5.66. The first kappa shape index (κ1) is 13.9. The topological polar surface area (TPSA) is 98.3 Å². The summed E-state index contributed by atoms with van der Waals surface area (Å²) in [5.74, 6) is 0.994. The van der Waals surface area contributed by atoms with E-state index in [-0.39, 0.29) is 21.7 Å². The van der Waals surface area contributed by atoms with E-state index in [0.717, 1.165) is 17.1 Å². The van der Waals surface area contributed by atoms with Crippen molar-refractivity contribution in [2.24, 2.45) is 0 Å². The number of aromatic nitrogens is 1. The number of carbonyl (C=O) groups is 1. The van der Waals surface area contributed by atoms with E-state index in [1.807, 2.05) is 0 Å². The molecule has 0 aliphatic carbocycles. The molecule has 0 aliphatic rings. The average molecular weight is 293 g/mol. The van der Waals surface area contributed by atoms with Crippen LogP contribution in [0.15, 0.2) is 16.5 Å². The summed E-state index contributed by atoms with van der Waals surface area (Å²) in [4.78, 5) is 25.4. The van der Waals surface area contributed by atoms with Crippen molar-refractivity contribution in [2.45, 2.75) is 13.8 Å². The number of thiazole rings is 1. The van der Waals surface area contributed by atoms with Gasteiger partial charge in [0.1, 0.15) is 11.5 Å². The Labute approximate surface area is 118 Å². The van der Waals surface area contributed by atoms with Gasteiger partial charge < -0.3 is 9.73 Å². The molecular formula is C12H11N3O4S. The van der Waals surface area contributed by atoms with Gasteiger partial charge in [-0.05, 0) is 42.5 Å². The fourth-order valence-electron chi connectivity index (χ4n) is 1.47. The lowest BCUT2D eigenvalue weighted by atomic mass is 10.3. The van der Waals surface area contributed by atoms with E-state index in [1.165, 1.54) is 13.0 Å². The first-order valence-corrected chi connectivity index (χ1v) is 6.44. The molecule has 1 amide bonds. The third kappa shape index (κ3) is 3.29. The monoisotopic (exact) mass is 293 g/mol. The standard InChI is InChI=1S/C12H11N3O4S/c1-7-3-4-9(19-7)5-6-10-11(15(17)18)20-12(14-10)13-8(2)16/h3-6H,1-2H3,(H,13,14,16)/b6-5+. The smallest absolute Gasteiger partial charge is 0.353 e. The molecule has 2 aromatic rings. The van der Waals surface area contributed by atoms with Gasteiger partial charge >= 0.3 is 5.00 Å². The lowest BCUT2D eigenvalue weighted by molar-refractivity contribution is -0.380. The fourth-order valence-corrected chi connectivity index (χ4v) is 2.29. The van der Waals surface area contributed by atoms with Crippen molar-refractivity contribution < 1.29 is 14.1 Å². The Kier molecular flexibility index (Phi) is 3.94. The van der Waals surface area contributed by atoms with Crippen LogP contribution >= 0.6 is 11.3 Å². The fraction of sp³-hybridized carbons (Fsp3) is 0.167. The van der Waals surface area contributed by atoms with Gasteiger partial charge in [0, 0.05) is 6.92 Å². The van der Waals surface area contributed by atoms with Crippen molar-refractivity contribution in [3.8, 4) is 0 Å². The average Bonchev–Trinajstić information content (AvgIpc) is 2.92. The van der Waals surface area contributed by atoms with Gasteiger partial charge in [0.25, 0.3) is 0 Å². The molecule has 0 aromatic carbocycles. The Morgan fingerprint density at radius 3 is 2.80 bits per heavy atom. The lowest BCUT2D eigenvalue weighted by Gasteiger charge is -1.91. The van der Waals surface area contributed by atoms with Gasteiger partial charge in [-0.2, -0.15) is 0 Å². The summed E-state index contributed by atoms with van der Waals surface area (Å²) in [6.45, 7) is 3.12. The van der Waals surface area contributed by atoms with Gasteiger partial charge in [-0.15, -0.1) is 0 Å². The van der Waals surface area contributed by atoms with Crippen LogP contribution in [0.1, 0.15) is 24.1 Å². The maximum Gasteiger partial charge on any atom is 0.353 e. The summed E-state index contributed by atoms with van der Waals surface area (Å²) in [6, 6.07) is 3.54. The summed E-state index contributed by atoms with van der Waals surface area (Å²) >= 11 is 0.812. The zero-order valence-electron chi connectivity index (χ0n) is 10.7. The maximum atomic E-state index is 10.9. The number of amides is 1. The van der Waals surface area contributed by atoms with Crippen LogP contribution in [0.2, 0.25) is 0 Å². The van der Waals surface area contributed by atoms with Crippen LogP contribution in [-0.4, -0.2) is 15.8 Å². The summed E-state index contributed by atoms with van der Waals surface area (Å²) in [7, 11) is 0. The van der Waals surface area contributed by atoms with E-state index in [1.54, 1.807) is 25.1 Å². The summed E-state index contributed by atoms with van der Waals surface area (Å²) in [5, 5.41) is 13.4. The molecule has 0 bridgehead atoms. The largest absolute Gasteiger partial charge is 0.462 e. The maximum absolute atomic E-state index is 10.9. The predicted molar refractivity (Wildman–Crippen MR) is 75.4 cm³/mol. The minimum absolute atomic E-state index is 0.131. The third-order valence-corrected chi connectivity index (χ3v) is 3.19. The SMILES string of the molecule is CC(=O)Nc1nc(/C=C/c2ccc(C)o2)c([N+](=O)[O-])s1. The molecule has 0 atom stereocenters. The zero-order valence-corrected chi connectivity index (χ0v) is 11.6. The molecule has 104 valence electrons. The first-order valence-electron chi connectivity index (χ1n) is 5.63. The van der Waals surface area contributed by atoms with Gasteiger partial charge in [-0.25, -0.2) is 4.98 Å². The molecule has 2 rings (SSSR count). The van der Waals surface area contributed by atoms with E-state index in [4.69, 9.17) is 4.42 Å². The molecule has 0 fully saturated rings. The van der Waals surface area contributed by atoms with Gasteiger partial charge in [-0.1, -0.05) is 0 Å². The normalized spacial score (nSPS) is 10.9. The Balaban J connectivity index is 2.29. The number of nitro groups is 1. The van der Waals surface area contributed by atoms with Crippen LogP contribution in [0, 0.1) is 17.0 Å². The van der Waals surface area contributed by atoms with E-state index in [0.29, 0.717) is 5.76 Å². The van der Waals surface area contributed by atoms with Crippen LogP contribution in [0.25, 0.3) is 12.2 Å². The van der Waals surface area contributed by atoms with Crippen molar-refractivity contribution in [3.63, 3.8) is 0 Å². The molecule has 2 heterocycles. The van der Waals surface area contributed by atoms with Crippen LogP contribution in [0.3, 0.4) is 0 Å². The van der Waals surface area contributed by atoms with Crippen molar-refractivity contribution in [1.82, 2.24) is 4.98 Å². The van der Waals surface area contributed by atoms with Crippen LogP contribution in [0.4, 0.5) is 10.1 Å². The molecule has 1 N–H and O–H groups in total. The second-order valence-electron chi connectivity index (χ2n) is 3.93. The van der Waals surface area contributed by atoms with E-state index >= 15 is 0 Å². The molecule has 0 saturated heterocycles. The second-order valence-corrected chi connectivity index (χ2v) is 4.91. The van der Waals surface area contributed by atoms with Crippen LogP contribution in [0.5, 0.6) is 0 Å². The van der Waals surface area contributed by atoms with Crippen molar-refractivity contribution in [1.29, 1.82) is 0 Å². The highest BCUT2D eigenvalue weighted by Crippen LogP contribution is 2.31. The van der Waals surface area contributed by atoms with Gasteiger partial charge in [-0.3, -0.25) is 14.9 Å². The molecule has 0 unspecified atom stereocenters. The Hall–Kier alpha value is -2.48. The van der Waals surface area contributed by atoms with Crippen LogP contribution in [-0.2, 0) is 4.79 Å². The lowest BCUT2D eigenvalue weighted by Crippen LogP contribution is -2.04. The number of anilines is 1. The summed E-state index contributed by atoms with van der Waals surface area (Å²) < 4.78 is 5.33. The van der Waals surface area contributed by atoms with Crippen molar-refractivity contribution in [2.75, 3.05) is 5.32 Å². The Morgan fingerprint density at radius 2 is 2.25 bits per heavy atom. The van der Waals surface area contributed by atoms with Crippen molar-refractivity contribution in [3.05, 3.63) is 39.5 Å². The number of nitrogens with one attached hydrogen (secondary N) is 1. The number of furan rings is 1. The minimum atomic E-state index is -0.532. The highest BCUT2D eigenvalue weighted by atomic mass is 32.1. The predicted octanol–water partition coefficient (Wildman–Crippen LogP) is 3.08. The molecule has 0 aliphatic heterocycles. The molecule has 0 radical (unpaired) electrons. The number of nitrogens with zero attached hydrogens (tertiary/aromatic N) is 2. The Morgan fingerprint density at radius 1 is 1.50 bits per heavy atom. The Bertz CT molecular complexity index is 687. The van der Waals surface area contributed by atoms with Gasteiger partial charge in [0.15, 0.2) is 10.8 Å². The van der Waals surface area contributed by atoms with E-state index in [2.05, 4.69) is 10.3 Å². The minimum Gasteiger partial charge on any atom is -0.462 e. The highest BCUT2D eigenvalue weighted by molar-refractivity contribution is 7.19. The summed E-state index contributed by atoms with van der Waals surface area (Å²) in [6.07, 6.45) is 3.07. The first-order chi connectivity index (χ1) is 9.45. The molecule has 2 aromatic heterocycles. The van der Waals surface area contributed by atoms with Crippen molar-refractivity contribution >= 4 is 39.5 Å². The molecule has 0 spiro atoms. The molecule has 8 heteroatoms. The molecular weight excluding hydrogens is 282 g/mol. The number of hydrogen-bond acceptors (Lipinski definition) is 6. The number of aryl methyl sites for hydroxylation is 1. The molecule has 20 heavy (non-hydrogen) atoms. The van der Waals surface area contributed by atoms with E-state index in [9.17, 15) is 14.9 Å². The zero-order chi connectivity index (χ0) is 14.7. The molecule has 7 nitrogen and oxygen atoms in total. The number of carbonyl (C=O) groups excluding carboxylic acids is 1.